The average molecular weight is 597 g/mol. The van der Waals surface area contributed by atoms with Crippen molar-refractivity contribution in [1.29, 1.82) is 0 Å². The molecule has 220 valence electrons. The van der Waals surface area contributed by atoms with Crippen molar-refractivity contribution in [3.63, 3.8) is 0 Å². The van der Waals surface area contributed by atoms with Crippen LogP contribution in [-0.2, 0) is 17.9 Å². The first-order chi connectivity index (χ1) is 21.0. The minimum Gasteiger partial charge on any atom is -0.492 e. The summed E-state index contributed by atoms with van der Waals surface area (Å²) in [4.78, 5) is 44.5. The summed E-state index contributed by atoms with van der Waals surface area (Å²) in [6.07, 6.45) is 2.07. The summed E-state index contributed by atoms with van der Waals surface area (Å²) in [6, 6.07) is 25.1. The van der Waals surface area contributed by atoms with Gasteiger partial charge < -0.3 is 19.8 Å². The number of rotatable bonds is 12. The van der Waals surface area contributed by atoms with Crippen LogP contribution in [0.5, 0.6) is 5.75 Å². The van der Waals surface area contributed by atoms with Crippen LogP contribution < -0.4 is 20.9 Å². The number of furan rings is 1. The van der Waals surface area contributed by atoms with Crippen molar-refractivity contribution in [3.05, 3.63) is 118 Å². The molecule has 2 heterocycles. The minimum atomic E-state index is -0.519. The lowest BCUT2D eigenvalue weighted by molar-refractivity contribution is -0.115. The predicted molar refractivity (Wildman–Crippen MR) is 168 cm³/mol. The summed E-state index contributed by atoms with van der Waals surface area (Å²) in [6.45, 7) is 4.79. The van der Waals surface area contributed by atoms with Crippen LogP contribution in [0.3, 0.4) is 0 Å². The van der Waals surface area contributed by atoms with E-state index in [1.165, 1.54) is 11.8 Å². The molecular formula is C33H32N4O5S. The van der Waals surface area contributed by atoms with Gasteiger partial charge >= 0.3 is 0 Å². The second kappa shape index (κ2) is 13.9. The van der Waals surface area contributed by atoms with Gasteiger partial charge in [0.25, 0.3) is 11.5 Å². The van der Waals surface area contributed by atoms with Gasteiger partial charge in [-0.3, -0.25) is 19.0 Å². The zero-order valence-corrected chi connectivity index (χ0v) is 24.7. The Morgan fingerprint density at radius 2 is 1.74 bits per heavy atom. The van der Waals surface area contributed by atoms with Crippen molar-refractivity contribution in [2.24, 2.45) is 0 Å². The third-order valence-electron chi connectivity index (χ3n) is 6.74. The first-order valence-corrected chi connectivity index (χ1v) is 14.9. The zero-order chi connectivity index (χ0) is 30.2. The van der Waals surface area contributed by atoms with Crippen molar-refractivity contribution in [1.82, 2.24) is 14.9 Å². The number of fused-ring (bicyclic) bond motifs is 1. The first-order valence-electron chi connectivity index (χ1n) is 14.0. The smallest absolute Gasteiger partial charge is 0.262 e. The van der Waals surface area contributed by atoms with E-state index in [4.69, 9.17) is 14.1 Å². The van der Waals surface area contributed by atoms with Gasteiger partial charge in [-0.2, -0.15) is 0 Å². The topological polar surface area (TPSA) is 115 Å². The molecule has 0 fully saturated rings. The van der Waals surface area contributed by atoms with Gasteiger partial charge in [0.05, 0.1) is 47.8 Å². The number of amides is 2. The summed E-state index contributed by atoms with van der Waals surface area (Å²) in [5, 5.41) is 6.21. The Bertz CT molecular complexity index is 1770. The van der Waals surface area contributed by atoms with E-state index in [2.05, 4.69) is 10.6 Å². The van der Waals surface area contributed by atoms with Crippen molar-refractivity contribution >= 4 is 40.2 Å². The summed E-state index contributed by atoms with van der Waals surface area (Å²) in [5.74, 6) is 0.817. The normalized spacial score (nSPS) is 11.7. The number of carbonyl (C=O) groups excluding carboxylic acids is 2. The largest absolute Gasteiger partial charge is 0.492 e. The fourth-order valence-corrected chi connectivity index (χ4v) is 5.53. The van der Waals surface area contributed by atoms with Gasteiger partial charge in [-0.05, 0) is 67.4 Å². The molecular weight excluding hydrogens is 564 g/mol. The van der Waals surface area contributed by atoms with Crippen LogP contribution in [0.4, 0.5) is 5.69 Å². The number of benzene rings is 3. The van der Waals surface area contributed by atoms with Crippen molar-refractivity contribution in [3.8, 4) is 5.75 Å². The Morgan fingerprint density at radius 1 is 0.977 bits per heavy atom. The molecule has 9 nitrogen and oxygen atoms in total. The summed E-state index contributed by atoms with van der Waals surface area (Å²) in [5.41, 5.74) is 2.25. The highest BCUT2D eigenvalue weighted by molar-refractivity contribution is 8.00. The molecule has 43 heavy (non-hydrogen) atoms. The van der Waals surface area contributed by atoms with Gasteiger partial charge in [-0.25, -0.2) is 4.98 Å². The minimum absolute atomic E-state index is 0.203. The lowest BCUT2D eigenvalue weighted by Gasteiger charge is -2.19. The number of nitrogens with zero attached hydrogens (tertiary/aromatic N) is 2. The predicted octanol–water partition coefficient (Wildman–Crippen LogP) is 5.88. The molecule has 1 unspecified atom stereocenters. The van der Waals surface area contributed by atoms with E-state index in [0.717, 1.165) is 5.56 Å². The number of anilines is 1. The lowest BCUT2D eigenvalue weighted by Crippen LogP contribution is -2.28. The molecule has 10 heteroatoms. The molecule has 2 amide bonds. The van der Waals surface area contributed by atoms with Crippen LogP contribution in [0, 0.1) is 0 Å². The molecule has 0 spiro atoms. The molecule has 1 atom stereocenters. The number of hydrogen-bond donors (Lipinski definition) is 2. The summed E-state index contributed by atoms with van der Waals surface area (Å²) >= 11 is 1.25. The maximum Gasteiger partial charge on any atom is 0.262 e. The van der Waals surface area contributed by atoms with E-state index >= 15 is 0 Å². The highest BCUT2D eigenvalue weighted by Crippen LogP contribution is 2.29. The quantitative estimate of drug-likeness (QED) is 0.137. The van der Waals surface area contributed by atoms with Crippen LogP contribution in [0.1, 0.15) is 41.9 Å². The fraction of sp³-hybridized carbons (Fsp3) is 0.212. The number of aromatic nitrogens is 2. The molecule has 5 aromatic rings. The molecule has 0 saturated carbocycles. The van der Waals surface area contributed by atoms with E-state index in [9.17, 15) is 14.4 Å². The second-order valence-electron chi connectivity index (χ2n) is 9.69. The van der Waals surface area contributed by atoms with Gasteiger partial charge in [0.1, 0.15) is 11.5 Å². The van der Waals surface area contributed by atoms with Crippen molar-refractivity contribution < 1.29 is 18.7 Å². The third-order valence-corrected chi connectivity index (χ3v) is 8.10. The Kier molecular flexibility index (Phi) is 9.58. The summed E-state index contributed by atoms with van der Waals surface area (Å²) in [7, 11) is 0. The van der Waals surface area contributed by atoms with Crippen LogP contribution in [-0.4, -0.2) is 33.2 Å². The number of hydrogen-bond acceptors (Lipinski definition) is 7. The van der Waals surface area contributed by atoms with Crippen molar-refractivity contribution in [2.75, 3.05) is 11.9 Å². The Balaban J connectivity index is 1.38. The fourth-order valence-electron chi connectivity index (χ4n) is 4.52. The second-order valence-corrected chi connectivity index (χ2v) is 10.9. The summed E-state index contributed by atoms with van der Waals surface area (Å²) < 4.78 is 12.5. The molecule has 2 N–H and O–H groups in total. The molecule has 3 aromatic carbocycles. The van der Waals surface area contributed by atoms with Gasteiger partial charge in [-0.1, -0.05) is 55.1 Å². The Morgan fingerprint density at radius 3 is 2.49 bits per heavy atom. The Hall–Kier alpha value is -4.83. The molecule has 0 bridgehead atoms. The van der Waals surface area contributed by atoms with Crippen LogP contribution in [0.15, 0.2) is 106 Å². The van der Waals surface area contributed by atoms with Crippen LogP contribution in [0.25, 0.3) is 10.9 Å². The van der Waals surface area contributed by atoms with Gasteiger partial charge in [-0.15, -0.1) is 0 Å². The van der Waals surface area contributed by atoms with Crippen LogP contribution >= 0.6 is 11.8 Å². The van der Waals surface area contributed by atoms with E-state index in [1.54, 1.807) is 59.4 Å². The lowest BCUT2D eigenvalue weighted by atomic mass is 10.1. The first kappa shape index (κ1) is 29.7. The van der Waals surface area contributed by atoms with E-state index < -0.39 is 5.25 Å². The molecule has 0 aliphatic carbocycles. The molecule has 0 aliphatic rings. The molecule has 0 aliphatic heterocycles. The third kappa shape index (κ3) is 7.15. The number of thioether (sulfide) groups is 1. The average Bonchev–Trinajstić information content (AvgIpc) is 3.55. The zero-order valence-electron chi connectivity index (χ0n) is 23.9. The van der Waals surface area contributed by atoms with Crippen molar-refractivity contribution in [2.45, 2.75) is 43.8 Å². The van der Waals surface area contributed by atoms with E-state index in [0.29, 0.717) is 51.8 Å². The molecule has 0 saturated heterocycles. The van der Waals surface area contributed by atoms with Gasteiger partial charge in [0.15, 0.2) is 5.16 Å². The maximum absolute atomic E-state index is 13.7. The standard InChI is InChI=1S/C33H32N4O5S/c1-3-29(31(39)35-27-13-7-8-14-28(27)41-4-2)43-33-36-26-12-6-5-11-25(26)32(40)37(33)21-22-15-17-23(18-16-22)30(38)34-20-24-10-9-19-42-24/h5-19,29H,3-4,20-21H2,1-2H3,(H,34,38)(H,35,39). The number of ether oxygens (including phenoxy) is 1. The molecule has 5 rings (SSSR count). The highest BCUT2D eigenvalue weighted by Gasteiger charge is 2.23. The van der Waals surface area contributed by atoms with Gasteiger partial charge in [0.2, 0.25) is 5.91 Å². The number of para-hydroxylation sites is 3. The van der Waals surface area contributed by atoms with E-state index in [1.807, 2.05) is 50.2 Å². The van der Waals surface area contributed by atoms with Crippen LogP contribution in [0.2, 0.25) is 0 Å². The van der Waals surface area contributed by atoms with E-state index in [-0.39, 0.29) is 30.5 Å². The highest BCUT2D eigenvalue weighted by atomic mass is 32.2. The van der Waals surface area contributed by atoms with Gasteiger partial charge in [0, 0.05) is 5.56 Å². The number of carbonyl (C=O) groups is 2. The maximum atomic E-state index is 13.7. The monoisotopic (exact) mass is 596 g/mol. The molecule has 2 aromatic heterocycles. The molecule has 0 radical (unpaired) electrons. The SMILES string of the molecule is CCOc1ccccc1NC(=O)C(CC)Sc1nc2ccccc2c(=O)n1Cc1ccc(C(=O)NCc2ccco2)cc1. The number of nitrogens with one attached hydrogen (secondary N) is 2. The Labute approximate surface area is 253 Å².